The molecule has 0 spiro atoms. The van der Waals surface area contributed by atoms with Gasteiger partial charge in [0.05, 0.1) is 17.8 Å². The number of benzene rings is 2. The van der Waals surface area contributed by atoms with Crippen molar-refractivity contribution in [3.63, 3.8) is 0 Å². The van der Waals surface area contributed by atoms with Crippen LogP contribution >= 0.6 is 11.6 Å². The molecule has 2 atom stereocenters. The number of methoxy groups -OCH3 is 1. The monoisotopic (exact) mass is 437 g/mol. The summed E-state index contributed by atoms with van der Waals surface area (Å²) in [7, 11) is -2.69. The molecular weight excluding hydrogens is 418 g/mol. The standard InChI is InChI=1S/C19H20ClN3O5S/c1-11-9-13(11)19(25)22-21-18(24)12-7-8-14(20)17(10-12)29(26,27)23-15-5-3-4-6-16(15)28-2/h3-8,10-11,13,23H,9H2,1-2H3,(H,21,24)(H,22,25)/t11-,13+/m1/s1. The second-order valence-electron chi connectivity index (χ2n) is 6.71. The lowest BCUT2D eigenvalue weighted by molar-refractivity contribution is -0.123. The summed E-state index contributed by atoms with van der Waals surface area (Å²) in [6, 6.07) is 10.3. The van der Waals surface area contributed by atoms with Gasteiger partial charge in [0.2, 0.25) is 5.91 Å². The largest absolute Gasteiger partial charge is 0.495 e. The number of amides is 2. The quantitative estimate of drug-likeness (QED) is 0.601. The number of halogens is 1. The van der Waals surface area contributed by atoms with Crippen LogP contribution in [0.5, 0.6) is 5.75 Å². The first-order valence-electron chi connectivity index (χ1n) is 8.78. The van der Waals surface area contributed by atoms with E-state index in [1.807, 2.05) is 6.92 Å². The summed E-state index contributed by atoms with van der Waals surface area (Å²) in [5, 5.41) is -0.0558. The predicted molar refractivity (Wildman–Crippen MR) is 108 cm³/mol. The number of carbonyl (C=O) groups excluding carboxylic acids is 2. The van der Waals surface area contributed by atoms with E-state index in [1.165, 1.54) is 25.3 Å². The Morgan fingerprint density at radius 2 is 1.83 bits per heavy atom. The van der Waals surface area contributed by atoms with Crippen LogP contribution in [-0.4, -0.2) is 27.3 Å². The highest BCUT2D eigenvalue weighted by molar-refractivity contribution is 7.92. The van der Waals surface area contributed by atoms with Gasteiger partial charge in [-0.05, 0) is 42.7 Å². The third-order valence-electron chi connectivity index (χ3n) is 4.58. The van der Waals surface area contributed by atoms with Crippen LogP contribution in [-0.2, 0) is 14.8 Å². The van der Waals surface area contributed by atoms with Gasteiger partial charge in [0.15, 0.2) is 0 Å². The highest BCUT2D eigenvalue weighted by atomic mass is 35.5. The second-order valence-corrected chi connectivity index (χ2v) is 8.77. The normalized spacial score (nSPS) is 17.9. The van der Waals surface area contributed by atoms with E-state index in [-0.39, 0.29) is 33.0 Å². The van der Waals surface area contributed by atoms with E-state index in [0.29, 0.717) is 11.7 Å². The number of sulfonamides is 1. The molecule has 29 heavy (non-hydrogen) atoms. The van der Waals surface area contributed by atoms with Gasteiger partial charge in [-0.15, -0.1) is 0 Å². The molecule has 1 fully saturated rings. The van der Waals surface area contributed by atoms with E-state index < -0.39 is 15.9 Å². The SMILES string of the molecule is COc1ccccc1NS(=O)(=O)c1cc(C(=O)NNC(=O)[C@H]2C[C@H]2C)ccc1Cl. The van der Waals surface area contributed by atoms with Gasteiger partial charge in [0.25, 0.3) is 15.9 Å². The molecule has 3 rings (SSSR count). The van der Waals surface area contributed by atoms with Crippen molar-refractivity contribution >= 4 is 39.1 Å². The Morgan fingerprint density at radius 3 is 2.48 bits per heavy atom. The fraction of sp³-hybridized carbons (Fsp3) is 0.263. The molecule has 1 aliphatic rings. The third-order valence-corrected chi connectivity index (χ3v) is 6.43. The van der Waals surface area contributed by atoms with E-state index in [2.05, 4.69) is 15.6 Å². The Kier molecular flexibility index (Phi) is 5.99. The van der Waals surface area contributed by atoms with Crippen molar-refractivity contribution in [1.29, 1.82) is 0 Å². The maximum atomic E-state index is 12.8. The Bertz CT molecular complexity index is 1060. The molecule has 154 valence electrons. The van der Waals surface area contributed by atoms with Crippen LogP contribution in [0.3, 0.4) is 0 Å². The smallest absolute Gasteiger partial charge is 0.269 e. The van der Waals surface area contributed by atoms with E-state index in [9.17, 15) is 18.0 Å². The number of hydrogen-bond donors (Lipinski definition) is 3. The van der Waals surface area contributed by atoms with Crippen molar-refractivity contribution in [2.75, 3.05) is 11.8 Å². The summed E-state index contributed by atoms with van der Waals surface area (Å²) in [6.07, 6.45) is 0.777. The summed E-state index contributed by atoms with van der Waals surface area (Å²) in [5.74, 6) is -0.414. The third kappa shape index (κ3) is 4.80. The van der Waals surface area contributed by atoms with Crippen molar-refractivity contribution in [3.8, 4) is 5.75 Å². The lowest BCUT2D eigenvalue weighted by atomic mass is 10.2. The van der Waals surface area contributed by atoms with Crippen molar-refractivity contribution in [2.45, 2.75) is 18.2 Å². The summed E-state index contributed by atoms with van der Waals surface area (Å²) in [5.41, 5.74) is 4.89. The first kappa shape index (κ1) is 20.9. The summed E-state index contributed by atoms with van der Waals surface area (Å²) in [4.78, 5) is 23.9. The molecule has 2 aromatic rings. The number of carbonyl (C=O) groups is 2. The maximum Gasteiger partial charge on any atom is 0.269 e. The Labute approximate surface area is 173 Å². The number of ether oxygens (including phenoxy) is 1. The number of nitrogens with one attached hydrogen (secondary N) is 3. The van der Waals surface area contributed by atoms with E-state index in [1.54, 1.807) is 18.2 Å². The molecular formula is C19H20ClN3O5S. The Balaban J connectivity index is 1.78. The molecule has 0 heterocycles. The molecule has 8 nitrogen and oxygen atoms in total. The first-order valence-corrected chi connectivity index (χ1v) is 10.6. The van der Waals surface area contributed by atoms with E-state index in [0.717, 1.165) is 12.5 Å². The molecule has 0 aliphatic heterocycles. The molecule has 0 unspecified atom stereocenters. The minimum Gasteiger partial charge on any atom is -0.495 e. The average Bonchev–Trinajstić information content (AvgIpc) is 3.43. The van der Waals surface area contributed by atoms with Gasteiger partial charge in [-0.2, -0.15) is 0 Å². The fourth-order valence-corrected chi connectivity index (χ4v) is 4.35. The summed E-state index contributed by atoms with van der Waals surface area (Å²) < 4.78 is 33.2. The molecule has 0 bridgehead atoms. The lowest BCUT2D eigenvalue weighted by Crippen LogP contribution is -2.42. The molecule has 2 amide bonds. The van der Waals surface area contributed by atoms with Gasteiger partial charge in [-0.3, -0.25) is 25.2 Å². The van der Waals surface area contributed by atoms with Gasteiger partial charge >= 0.3 is 0 Å². The van der Waals surface area contributed by atoms with Crippen LogP contribution in [0.1, 0.15) is 23.7 Å². The van der Waals surface area contributed by atoms with Crippen molar-refractivity contribution in [1.82, 2.24) is 10.9 Å². The second kappa shape index (κ2) is 8.30. The highest BCUT2D eigenvalue weighted by Gasteiger charge is 2.39. The topological polar surface area (TPSA) is 114 Å². The predicted octanol–water partition coefficient (Wildman–Crippen LogP) is 2.57. The number of rotatable bonds is 6. The van der Waals surface area contributed by atoms with Crippen molar-refractivity contribution < 1.29 is 22.7 Å². The summed E-state index contributed by atoms with van der Waals surface area (Å²) in [6.45, 7) is 1.94. The Hall–Kier alpha value is -2.78. The molecule has 10 heteroatoms. The first-order chi connectivity index (χ1) is 13.7. The molecule has 0 radical (unpaired) electrons. The number of hydrogen-bond acceptors (Lipinski definition) is 5. The van der Waals surface area contributed by atoms with Gasteiger partial charge in [0.1, 0.15) is 10.6 Å². The zero-order valence-electron chi connectivity index (χ0n) is 15.7. The van der Waals surface area contributed by atoms with E-state index >= 15 is 0 Å². The maximum absolute atomic E-state index is 12.8. The van der Waals surface area contributed by atoms with Gasteiger partial charge in [-0.25, -0.2) is 8.42 Å². The van der Waals surface area contributed by atoms with Gasteiger partial charge in [0, 0.05) is 11.5 Å². The Morgan fingerprint density at radius 1 is 1.14 bits per heavy atom. The average molecular weight is 438 g/mol. The van der Waals surface area contributed by atoms with Crippen molar-refractivity contribution in [2.24, 2.45) is 11.8 Å². The van der Waals surface area contributed by atoms with Crippen LogP contribution in [0.25, 0.3) is 0 Å². The van der Waals surface area contributed by atoms with Crippen LogP contribution in [0.4, 0.5) is 5.69 Å². The lowest BCUT2D eigenvalue weighted by Gasteiger charge is -2.13. The fourth-order valence-electron chi connectivity index (χ4n) is 2.75. The van der Waals surface area contributed by atoms with Crippen LogP contribution in [0.15, 0.2) is 47.4 Å². The minimum atomic E-state index is -4.10. The molecule has 2 aromatic carbocycles. The molecule has 1 saturated carbocycles. The van der Waals surface area contributed by atoms with Gasteiger partial charge < -0.3 is 4.74 Å². The van der Waals surface area contributed by atoms with Crippen LogP contribution in [0, 0.1) is 11.8 Å². The van der Waals surface area contributed by atoms with Crippen molar-refractivity contribution in [3.05, 3.63) is 53.1 Å². The highest BCUT2D eigenvalue weighted by Crippen LogP contribution is 2.37. The van der Waals surface area contributed by atoms with E-state index in [4.69, 9.17) is 16.3 Å². The summed E-state index contributed by atoms with van der Waals surface area (Å²) >= 11 is 6.07. The molecule has 1 aliphatic carbocycles. The minimum absolute atomic E-state index is 0.0268. The zero-order valence-corrected chi connectivity index (χ0v) is 17.3. The molecule has 3 N–H and O–H groups in total. The number of anilines is 1. The van der Waals surface area contributed by atoms with Crippen LogP contribution < -0.4 is 20.3 Å². The zero-order chi connectivity index (χ0) is 21.2. The van der Waals surface area contributed by atoms with Crippen LogP contribution in [0.2, 0.25) is 5.02 Å². The molecule has 0 aromatic heterocycles. The number of para-hydroxylation sites is 2. The van der Waals surface area contributed by atoms with Gasteiger partial charge in [-0.1, -0.05) is 30.7 Å². The number of hydrazine groups is 1. The molecule has 0 saturated heterocycles.